The van der Waals surface area contributed by atoms with Crippen molar-refractivity contribution in [2.45, 2.75) is 241 Å². The van der Waals surface area contributed by atoms with Crippen LogP contribution < -0.4 is 18.9 Å². The molecule has 10 aromatic heterocycles. The van der Waals surface area contributed by atoms with Crippen molar-refractivity contribution >= 4 is 66.9 Å². The van der Waals surface area contributed by atoms with Gasteiger partial charge in [0.1, 0.15) is 63.6 Å². The highest BCUT2D eigenvalue weighted by molar-refractivity contribution is 5.94. The lowest BCUT2D eigenvalue weighted by atomic mass is 9.88. The van der Waals surface area contributed by atoms with Crippen LogP contribution in [-0.4, -0.2) is 142 Å². The molecule has 0 unspecified atom stereocenters. The minimum absolute atomic E-state index is 0.0168. The zero-order valence-corrected chi connectivity index (χ0v) is 70.0. The maximum atomic E-state index is 14.8. The number of Topliss-reactive ketones (excluding diaryl/α,β-unsaturated/α-hetero) is 3. The maximum Gasteiger partial charge on any atom is 0.306 e. The Morgan fingerprint density at radius 1 is 0.470 bits per heavy atom. The minimum atomic E-state index is -0.494. The Labute approximate surface area is 668 Å². The molecule has 1 saturated heterocycles. The second-order valence-corrected chi connectivity index (χ2v) is 34.8. The topological polar surface area (TPSA) is 294 Å². The predicted molar refractivity (Wildman–Crippen MR) is 435 cm³/mol. The number of benzene rings is 2. The first-order valence-corrected chi connectivity index (χ1v) is 39.9. The average Bonchev–Trinajstić information content (AvgIpc) is 1.66. The van der Waals surface area contributed by atoms with E-state index in [9.17, 15) is 28.0 Å². The second-order valence-electron chi connectivity index (χ2n) is 34.8. The molecule has 0 bridgehead atoms. The van der Waals surface area contributed by atoms with Gasteiger partial charge in [-0.1, -0.05) is 20.8 Å². The van der Waals surface area contributed by atoms with Crippen LogP contribution >= 0.6 is 0 Å². The molecule has 3 saturated carbocycles. The van der Waals surface area contributed by atoms with E-state index in [2.05, 4.69) is 159 Å². The number of aryl methyl sites for hydroxylation is 6. The van der Waals surface area contributed by atoms with E-state index >= 15 is 0 Å². The molecule has 4 fully saturated rings. The summed E-state index contributed by atoms with van der Waals surface area (Å²) in [5, 5.41) is 41.1. The molecule has 1 N–H and O–H groups in total. The highest BCUT2D eigenvalue weighted by Gasteiger charge is 2.36. The molecule has 0 amide bonds. The van der Waals surface area contributed by atoms with Crippen molar-refractivity contribution in [2.24, 2.45) is 45.9 Å². The number of nitrogens with one attached hydrogen (secondary N) is 1. The molecule has 0 spiro atoms. The largest absolute Gasteiger partial charge is 0.490 e. The van der Waals surface area contributed by atoms with Gasteiger partial charge >= 0.3 is 5.97 Å². The first-order valence-electron chi connectivity index (χ1n) is 39.9. The van der Waals surface area contributed by atoms with Crippen molar-refractivity contribution in [2.75, 3.05) is 0 Å². The number of halogens is 2. The first kappa shape index (κ1) is 82.0. The molecule has 4 aliphatic rings. The molecule has 11 heterocycles. The molecule has 12 aromatic rings. The van der Waals surface area contributed by atoms with E-state index in [4.69, 9.17) is 28.7 Å². The van der Waals surface area contributed by atoms with Crippen molar-refractivity contribution < 1.29 is 51.6 Å². The molecule has 8 atom stereocenters. The number of hydrogen-bond acceptors (Lipinski definition) is 19. The number of ether oxygens (including phenoxy) is 5. The zero-order valence-electron chi connectivity index (χ0n) is 70.0. The lowest BCUT2D eigenvalue weighted by molar-refractivity contribution is -0.144. The molecular formula is C86H108F2N18O9. The van der Waals surface area contributed by atoms with Crippen molar-refractivity contribution in [3.05, 3.63) is 109 Å². The average molecular weight is 1580 g/mol. The molecule has 115 heavy (non-hydrogen) atoms. The van der Waals surface area contributed by atoms with E-state index in [-0.39, 0.29) is 99.6 Å². The van der Waals surface area contributed by atoms with Gasteiger partial charge in [0, 0.05) is 160 Å². The Kier molecular flexibility index (Phi) is 23.1. The minimum Gasteiger partial charge on any atom is -0.490 e. The number of pyridine rings is 2. The van der Waals surface area contributed by atoms with Crippen LogP contribution in [0.2, 0.25) is 0 Å². The normalized spacial score (nSPS) is 18.4. The summed E-state index contributed by atoms with van der Waals surface area (Å²) in [6, 6.07) is 11.9. The van der Waals surface area contributed by atoms with Gasteiger partial charge in [0.25, 0.3) is 0 Å². The molecule has 2 aromatic carbocycles. The SMILES string of the molecule is CC(C)n1cc(-c2cc(O[C@H](C)[C@H]3CCC(=O)C3)c3c(F)n(C)nc3c2)cn1.C[C@@H](Oc1nc(-c2cn[nH]c2C(C)(C)C)cc2nn(C)c(F)c12)[C@H]1CCC(=O)C1.Cc1c2c(O[C@H](C)[C@H]3CCC(=O)C3)cc(-c3cnn(C(C)(C)C)c3)cc2nn1C.Cc1c2c(O[C@H](C)[C@H]3CCC(=O)O3)nc(-c3cnn(C(C)(C)C)c3)cc2nn1C. The van der Waals surface area contributed by atoms with Gasteiger partial charge in [-0.15, -0.1) is 0 Å². The summed E-state index contributed by atoms with van der Waals surface area (Å²) in [5.41, 5.74) is 12.3. The van der Waals surface area contributed by atoms with Gasteiger partial charge in [-0.3, -0.25) is 47.7 Å². The third kappa shape index (κ3) is 17.6. The fraction of sp³-hybridized carbons (Fsp3) is 0.512. The molecule has 0 radical (unpaired) electrons. The van der Waals surface area contributed by atoms with Crippen LogP contribution in [0, 0.1) is 43.5 Å². The maximum absolute atomic E-state index is 14.8. The molecule has 16 rings (SSSR count). The van der Waals surface area contributed by atoms with E-state index in [0.29, 0.717) is 90.9 Å². The van der Waals surface area contributed by atoms with Crippen LogP contribution in [0.1, 0.15) is 198 Å². The number of ketones is 3. The molecule has 1 aliphatic heterocycles. The molecule has 27 nitrogen and oxygen atoms in total. The number of carbonyl (C=O) groups excluding carboxylic acids is 4. The van der Waals surface area contributed by atoms with Crippen LogP contribution in [0.4, 0.5) is 8.78 Å². The van der Waals surface area contributed by atoms with Crippen molar-refractivity contribution in [3.63, 3.8) is 0 Å². The molecule has 3 aliphatic carbocycles. The summed E-state index contributed by atoms with van der Waals surface area (Å²) in [5.74, 6) is 2.32. The van der Waals surface area contributed by atoms with Gasteiger partial charge in [0.15, 0.2) is 0 Å². The third-order valence-electron chi connectivity index (χ3n) is 22.6. The highest BCUT2D eigenvalue weighted by Crippen LogP contribution is 2.42. The van der Waals surface area contributed by atoms with Crippen LogP contribution in [0.3, 0.4) is 0 Å². The molecule has 610 valence electrons. The van der Waals surface area contributed by atoms with Crippen molar-refractivity contribution in [3.8, 4) is 68.0 Å². The van der Waals surface area contributed by atoms with Crippen LogP contribution in [0.25, 0.3) is 88.4 Å². The number of fused-ring (bicyclic) bond motifs is 4. The number of rotatable bonds is 17. The first-order chi connectivity index (χ1) is 54.2. The third-order valence-corrected chi connectivity index (χ3v) is 22.6. The van der Waals surface area contributed by atoms with Gasteiger partial charge in [-0.05, 0) is 170 Å². The number of esters is 1. The number of nitrogens with zero attached hydrogens (tertiary/aromatic N) is 17. The molecular weight excluding hydrogens is 1470 g/mol. The number of cyclic esters (lactones) is 1. The monoisotopic (exact) mass is 1570 g/mol. The fourth-order valence-corrected chi connectivity index (χ4v) is 15.4. The standard InChI is InChI=1S/C23H30N4O2.C21H26FN5O2.C21H25FN4O2.C21H27N5O3/c1-14-22-20(25-26(14)6)10-17(18-12-24-27(13-18)23(3,4)5)11-21(22)29-15(2)16-7-8-19(28)9-16;1-11(12-6-7-13(28)8-12)29-20-17-16(26-27(5)19(17)22)9-15(24-20)14-10-23-25-18(14)21(2,3)4;1-12(2)26-11-16(10-23-26)15-8-18-20(21(22)25(4)24-18)19(9-15)28-13(3)14-5-6-17(27)7-14;1-12-19-16(24-25(12)6)9-15(14-10-22-26(11-14)21(3,4)5)23-20(19)28-13(2)17-7-8-18(27)29-17/h10-13,15-16H,7-9H2,1-6H3;9-12H,6-8H2,1-5H3,(H,23,25);8-14H,5-7H2,1-4H3;9-11,13,17H,7-8H2,1-6H3/t15-,16+;11-,12+;13-,14+;13-,17-/m1111/s1. The summed E-state index contributed by atoms with van der Waals surface area (Å²) < 4.78 is 71.7. The van der Waals surface area contributed by atoms with Gasteiger partial charge in [-0.25, -0.2) is 19.3 Å². The lowest BCUT2D eigenvalue weighted by Crippen LogP contribution is -2.29. The van der Waals surface area contributed by atoms with E-state index in [0.717, 1.165) is 103 Å². The summed E-state index contributed by atoms with van der Waals surface area (Å²) in [6.07, 6.45) is 19.3. The Bertz CT molecular complexity index is 5460. The highest BCUT2D eigenvalue weighted by atomic mass is 19.1. The zero-order chi connectivity index (χ0) is 82.8. The number of carbonyl (C=O) groups is 4. The van der Waals surface area contributed by atoms with Crippen molar-refractivity contribution in [1.29, 1.82) is 0 Å². The summed E-state index contributed by atoms with van der Waals surface area (Å²) in [7, 11) is 6.99. The quantitative estimate of drug-likeness (QED) is 0.0828. The van der Waals surface area contributed by atoms with Gasteiger partial charge in [0.2, 0.25) is 23.7 Å². The van der Waals surface area contributed by atoms with Gasteiger partial charge in [0.05, 0.1) is 86.7 Å². The Morgan fingerprint density at radius 3 is 1.40 bits per heavy atom. The summed E-state index contributed by atoms with van der Waals surface area (Å²) >= 11 is 0. The van der Waals surface area contributed by atoms with E-state index < -0.39 is 11.9 Å². The number of aromatic nitrogens is 18. The van der Waals surface area contributed by atoms with E-state index in [1.165, 1.54) is 9.36 Å². The Balaban J connectivity index is 0.000000134. The molecule has 29 heteroatoms. The van der Waals surface area contributed by atoms with Crippen LogP contribution in [0.15, 0.2) is 79.8 Å². The lowest BCUT2D eigenvalue weighted by Gasteiger charge is -2.21. The predicted octanol–water partition coefficient (Wildman–Crippen LogP) is 16.2. The van der Waals surface area contributed by atoms with Crippen LogP contribution in [0.5, 0.6) is 23.3 Å². The van der Waals surface area contributed by atoms with Gasteiger partial charge in [-0.2, -0.15) is 49.6 Å². The van der Waals surface area contributed by atoms with E-state index in [1.807, 2.05) is 102 Å². The second kappa shape index (κ2) is 32.4. The number of H-pyrrole nitrogens is 1. The fourth-order valence-electron chi connectivity index (χ4n) is 15.4. The smallest absolute Gasteiger partial charge is 0.306 e. The summed E-state index contributed by atoms with van der Waals surface area (Å²) in [6.45, 7) is 35.0. The summed E-state index contributed by atoms with van der Waals surface area (Å²) in [4.78, 5) is 56.0. The number of hydrogen-bond donors (Lipinski definition) is 1. The van der Waals surface area contributed by atoms with Crippen molar-refractivity contribution in [1.82, 2.24) is 88.6 Å². The number of aromatic amines is 1. The Hall–Kier alpha value is -11.0. The van der Waals surface area contributed by atoms with Gasteiger partial charge < -0.3 is 23.7 Å². The Morgan fingerprint density at radius 2 is 0.904 bits per heavy atom. The van der Waals surface area contributed by atoms with E-state index in [1.54, 1.807) is 38.8 Å². The van der Waals surface area contributed by atoms with Crippen LogP contribution in [-0.2, 0) is 68.6 Å².